The zero-order valence-corrected chi connectivity index (χ0v) is 22.3. The number of carboxylic acid groups (broad SMARTS) is 2. The Labute approximate surface area is 230 Å². The van der Waals surface area contributed by atoms with E-state index >= 15 is 0 Å². The molecule has 0 radical (unpaired) electrons. The Hall–Kier alpha value is -4.46. The maximum Gasteiger partial charge on any atom is 0.326 e. The highest BCUT2D eigenvalue weighted by molar-refractivity contribution is 5.94. The highest BCUT2D eigenvalue weighted by atomic mass is 16.4. The number of aliphatic carboxylic acids is 2. The van der Waals surface area contributed by atoms with Gasteiger partial charge in [0.25, 0.3) is 0 Å². The molecule has 0 aliphatic heterocycles. The van der Waals surface area contributed by atoms with Crippen molar-refractivity contribution in [2.24, 2.45) is 11.7 Å². The molecule has 1 heterocycles. The summed E-state index contributed by atoms with van der Waals surface area (Å²) >= 11 is 0. The van der Waals surface area contributed by atoms with Crippen LogP contribution in [0.25, 0.3) is 0 Å². The largest absolute Gasteiger partial charge is 0.508 e. The molecule has 2 rings (SSSR count). The van der Waals surface area contributed by atoms with Gasteiger partial charge in [-0.3, -0.25) is 19.2 Å². The monoisotopic (exact) mass is 560 g/mol. The summed E-state index contributed by atoms with van der Waals surface area (Å²) in [4.78, 5) is 68.8. The number of benzene rings is 1. The molecule has 9 N–H and O–H groups in total. The first-order valence-corrected chi connectivity index (χ1v) is 12.7. The van der Waals surface area contributed by atoms with Gasteiger partial charge in [0.1, 0.15) is 23.9 Å². The number of aromatic nitrogens is 2. The van der Waals surface area contributed by atoms with Gasteiger partial charge in [-0.2, -0.15) is 0 Å². The molecule has 0 aliphatic carbocycles. The number of phenolic OH excluding ortho intramolecular Hbond substituents is 1. The van der Waals surface area contributed by atoms with Crippen LogP contribution in [0.5, 0.6) is 5.75 Å². The first-order valence-electron chi connectivity index (χ1n) is 12.7. The number of hydrogen-bond acceptors (Lipinski definition) is 8. The van der Waals surface area contributed by atoms with E-state index in [1.165, 1.54) is 36.8 Å². The Morgan fingerprint density at radius 2 is 1.50 bits per heavy atom. The molecule has 0 saturated heterocycles. The number of phenols is 1. The molecule has 1 aromatic carbocycles. The second-order valence-corrected chi connectivity index (χ2v) is 9.84. The van der Waals surface area contributed by atoms with E-state index in [9.17, 15) is 34.2 Å². The normalized spacial score (nSPS) is 14.0. The lowest BCUT2D eigenvalue weighted by Gasteiger charge is -2.25. The van der Waals surface area contributed by atoms with Crippen molar-refractivity contribution in [1.29, 1.82) is 0 Å². The lowest BCUT2D eigenvalue weighted by molar-refractivity contribution is -0.142. The molecule has 4 atom stereocenters. The maximum atomic E-state index is 13.3. The minimum atomic E-state index is -1.36. The third-order valence-electron chi connectivity index (χ3n) is 5.94. The summed E-state index contributed by atoms with van der Waals surface area (Å²) in [6.07, 6.45) is 2.19. The van der Waals surface area contributed by atoms with Gasteiger partial charge >= 0.3 is 11.9 Å². The zero-order valence-electron chi connectivity index (χ0n) is 22.3. The average molecular weight is 561 g/mol. The number of imidazole rings is 1. The zero-order chi connectivity index (χ0) is 29.8. The number of rotatable bonds is 16. The fraction of sp³-hybridized carbons (Fsp3) is 0.462. The standard InChI is InChI=1S/C26H36N6O8/c1-14(2)9-18(27)23(36)30-19(7-8-22(34)35)24(37)31-20(10-15-3-5-17(33)6-4-15)25(38)32-21(26(39)40)11-16-12-28-13-29-16/h3-6,12-14,18-21,33H,7-11,27H2,1-2H3,(H,28,29)(H,30,36)(H,31,37)(H,32,38)(H,34,35)(H,39,40). The van der Waals surface area contributed by atoms with Crippen molar-refractivity contribution >= 4 is 29.7 Å². The van der Waals surface area contributed by atoms with Crippen molar-refractivity contribution in [1.82, 2.24) is 25.9 Å². The van der Waals surface area contributed by atoms with Crippen LogP contribution in [0.4, 0.5) is 0 Å². The lowest BCUT2D eigenvalue weighted by Crippen LogP contribution is -2.58. The van der Waals surface area contributed by atoms with E-state index in [2.05, 4.69) is 25.9 Å². The Bertz CT molecular complexity index is 1150. The summed E-state index contributed by atoms with van der Waals surface area (Å²) in [6, 6.07) is 0.892. The van der Waals surface area contributed by atoms with Crippen molar-refractivity contribution in [2.75, 3.05) is 0 Å². The number of nitrogens with one attached hydrogen (secondary N) is 4. The predicted molar refractivity (Wildman–Crippen MR) is 142 cm³/mol. The number of nitrogens with zero attached hydrogens (tertiary/aromatic N) is 1. The molecule has 4 unspecified atom stereocenters. The molecule has 0 saturated carbocycles. The Kier molecular flexibility index (Phi) is 12.1. The summed E-state index contributed by atoms with van der Waals surface area (Å²) in [5.74, 6) is -4.76. The second kappa shape index (κ2) is 15.2. The van der Waals surface area contributed by atoms with Gasteiger partial charge in [-0.15, -0.1) is 0 Å². The lowest BCUT2D eigenvalue weighted by atomic mass is 10.0. The number of amides is 3. The summed E-state index contributed by atoms with van der Waals surface area (Å²) in [5.41, 5.74) is 6.91. The van der Waals surface area contributed by atoms with Crippen LogP contribution in [0.1, 0.15) is 44.4 Å². The summed E-state index contributed by atoms with van der Waals surface area (Å²) < 4.78 is 0. The minimum absolute atomic E-state index is 0.0199. The molecule has 0 aliphatic rings. The van der Waals surface area contributed by atoms with Crippen LogP contribution in [0.15, 0.2) is 36.8 Å². The van der Waals surface area contributed by atoms with E-state index in [4.69, 9.17) is 10.8 Å². The third-order valence-corrected chi connectivity index (χ3v) is 5.94. The quantitative estimate of drug-likeness (QED) is 0.133. The first-order chi connectivity index (χ1) is 18.8. The van der Waals surface area contributed by atoms with Crippen LogP contribution in [0, 0.1) is 5.92 Å². The number of carbonyl (C=O) groups is 5. The fourth-order valence-electron chi connectivity index (χ4n) is 3.87. The summed E-state index contributed by atoms with van der Waals surface area (Å²) in [7, 11) is 0. The van der Waals surface area contributed by atoms with E-state index in [1.807, 2.05) is 13.8 Å². The van der Waals surface area contributed by atoms with Crippen LogP contribution in [0.3, 0.4) is 0 Å². The molecule has 1 aromatic heterocycles. The van der Waals surface area contributed by atoms with E-state index in [-0.39, 0.29) is 30.9 Å². The number of hydrogen-bond donors (Lipinski definition) is 8. The average Bonchev–Trinajstić information content (AvgIpc) is 3.39. The minimum Gasteiger partial charge on any atom is -0.508 e. The van der Waals surface area contributed by atoms with Gasteiger partial charge in [-0.05, 0) is 36.5 Å². The number of nitrogens with two attached hydrogens (primary N) is 1. The molecule has 40 heavy (non-hydrogen) atoms. The topological polar surface area (TPSA) is 237 Å². The Balaban J connectivity index is 2.26. The number of aromatic hydroxyl groups is 1. The number of carbonyl (C=O) groups excluding carboxylic acids is 3. The molecule has 3 amide bonds. The number of H-pyrrole nitrogens is 1. The molecular formula is C26H36N6O8. The number of carboxylic acids is 2. The second-order valence-electron chi connectivity index (χ2n) is 9.84. The molecule has 0 fully saturated rings. The molecular weight excluding hydrogens is 524 g/mol. The Morgan fingerprint density at radius 3 is 2.05 bits per heavy atom. The van der Waals surface area contributed by atoms with E-state index < -0.39 is 60.2 Å². The molecule has 0 bridgehead atoms. The van der Waals surface area contributed by atoms with Gasteiger partial charge in [0.05, 0.1) is 12.4 Å². The smallest absolute Gasteiger partial charge is 0.326 e. The van der Waals surface area contributed by atoms with Crippen molar-refractivity contribution < 1.29 is 39.3 Å². The van der Waals surface area contributed by atoms with Gasteiger partial charge in [0.2, 0.25) is 17.7 Å². The first kappa shape index (κ1) is 31.8. The van der Waals surface area contributed by atoms with Crippen LogP contribution >= 0.6 is 0 Å². The molecule has 14 heteroatoms. The van der Waals surface area contributed by atoms with E-state index in [0.717, 1.165) is 0 Å². The van der Waals surface area contributed by atoms with Crippen molar-refractivity contribution in [3.8, 4) is 5.75 Å². The number of aromatic amines is 1. The highest BCUT2D eigenvalue weighted by Gasteiger charge is 2.31. The predicted octanol–water partition coefficient (Wildman–Crippen LogP) is -0.322. The molecule has 0 spiro atoms. The van der Waals surface area contributed by atoms with E-state index in [0.29, 0.717) is 17.7 Å². The highest BCUT2D eigenvalue weighted by Crippen LogP contribution is 2.13. The summed E-state index contributed by atoms with van der Waals surface area (Å²) in [5, 5.41) is 35.8. The van der Waals surface area contributed by atoms with Crippen LogP contribution < -0.4 is 21.7 Å². The van der Waals surface area contributed by atoms with Crippen LogP contribution in [-0.4, -0.2) is 79.1 Å². The van der Waals surface area contributed by atoms with Gasteiger partial charge in [0, 0.05) is 31.2 Å². The summed E-state index contributed by atoms with van der Waals surface area (Å²) in [6.45, 7) is 3.73. The van der Waals surface area contributed by atoms with Gasteiger partial charge < -0.3 is 42.0 Å². The van der Waals surface area contributed by atoms with Crippen molar-refractivity contribution in [3.63, 3.8) is 0 Å². The van der Waals surface area contributed by atoms with Crippen molar-refractivity contribution in [3.05, 3.63) is 48.0 Å². The maximum absolute atomic E-state index is 13.3. The third kappa shape index (κ3) is 10.7. The van der Waals surface area contributed by atoms with Gasteiger partial charge in [-0.25, -0.2) is 9.78 Å². The Morgan fingerprint density at radius 1 is 0.900 bits per heavy atom. The molecule has 2 aromatic rings. The fourth-order valence-corrected chi connectivity index (χ4v) is 3.87. The van der Waals surface area contributed by atoms with Crippen LogP contribution in [0.2, 0.25) is 0 Å². The SMILES string of the molecule is CC(C)CC(N)C(=O)NC(CCC(=O)O)C(=O)NC(Cc1ccc(O)cc1)C(=O)NC(Cc1cnc[nH]1)C(=O)O. The van der Waals surface area contributed by atoms with Crippen LogP contribution in [-0.2, 0) is 36.8 Å². The van der Waals surface area contributed by atoms with E-state index in [1.54, 1.807) is 0 Å². The molecule has 14 nitrogen and oxygen atoms in total. The van der Waals surface area contributed by atoms with Gasteiger partial charge in [0.15, 0.2) is 0 Å². The molecule has 218 valence electrons. The van der Waals surface area contributed by atoms with Crippen molar-refractivity contribution in [2.45, 2.75) is 70.1 Å². The van der Waals surface area contributed by atoms with Gasteiger partial charge in [-0.1, -0.05) is 26.0 Å².